The van der Waals surface area contributed by atoms with Crippen LogP contribution in [0.1, 0.15) is 70.6 Å². The molecular weight excluding hydrogens is 268 g/mol. The Morgan fingerprint density at radius 2 is 1.29 bits per heavy atom. The monoisotopic (exact) mass is 294 g/mol. The molecule has 0 atom stereocenters. The number of carbonyl (C=O) groups is 2. The molecule has 0 N–H and O–H groups in total. The molecule has 0 unspecified atom stereocenters. The Hall–Kier alpha value is -1.32. The van der Waals surface area contributed by atoms with Gasteiger partial charge in [0.2, 0.25) is 0 Å². The van der Waals surface area contributed by atoms with Crippen molar-refractivity contribution in [3.05, 3.63) is 12.2 Å². The zero-order valence-electron chi connectivity index (χ0n) is 12.8. The quantitative estimate of drug-likeness (QED) is 0.573. The Balaban J connectivity index is 1.69. The van der Waals surface area contributed by atoms with Gasteiger partial charge in [0.1, 0.15) is 12.2 Å². The van der Waals surface area contributed by atoms with Gasteiger partial charge in [-0.3, -0.25) is 4.79 Å². The van der Waals surface area contributed by atoms with Crippen molar-refractivity contribution < 1.29 is 19.1 Å². The molecule has 0 spiro atoms. The number of rotatable bonds is 5. The third-order valence-corrected chi connectivity index (χ3v) is 4.32. The Labute approximate surface area is 126 Å². The van der Waals surface area contributed by atoms with E-state index in [0.29, 0.717) is 0 Å². The van der Waals surface area contributed by atoms with Gasteiger partial charge >= 0.3 is 11.9 Å². The molecule has 0 saturated heterocycles. The standard InChI is InChI=1S/C17H26O4/c1-13(17(19)21-15-10-6-3-7-11-15)12-16(18)20-14-8-4-2-5-9-14/h14-15H,1-12H2. The van der Waals surface area contributed by atoms with Crippen molar-refractivity contribution in [2.75, 3.05) is 0 Å². The normalized spacial score (nSPS) is 20.8. The highest BCUT2D eigenvalue weighted by Crippen LogP contribution is 2.23. The minimum atomic E-state index is -0.442. The summed E-state index contributed by atoms with van der Waals surface area (Å²) in [6.07, 6.45) is 10.5. The van der Waals surface area contributed by atoms with Crippen molar-refractivity contribution in [3.63, 3.8) is 0 Å². The summed E-state index contributed by atoms with van der Waals surface area (Å²) in [6.45, 7) is 3.68. The molecule has 0 heterocycles. The van der Waals surface area contributed by atoms with Gasteiger partial charge in [-0.2, -0.15) is 0 Å². The predicted octanol–water partition coefficient (Wildman–Crippen LogP) is 3.68. The highest BCUT2D eigenvalue weighted by atomic mass is 16.6. The van der Waals surface area contributed by atoms with Gasteiger partial charge in [-0.15, -0.1) is 0 Å². The van der Waals surface area contributed by atoms with Crippen LogP contribution in [0.2, 0.25) is 0 Å². The van der Waals surface area contributed by atoms with Crippen LogP contribution in [0, 0.1) is 0 Å². The summed E-state index contributed by atoms with van der Waals surface area (Å²) in [6, 6.07) is 0. The molecule has 0 aromatic carbocycles. The number of hydrogen-bond donors (Lipinski definition) is 0. The lowest BCUT2D eigenvalue weighted by Gasteiger charge is -2.23. The summed E-state index contributed by atoms with van der Waals surface area (Å²) in [5.41, 5.74) is 0.210. The first-order valence-corrected chi connectivity index (χ1v) is 8.23. The van der Waals surface area contributed by atoms with Crippen molar-refractivity contribution in [1.29, 1.82) is 0 Å². The summed E-state index contributed by atoms with van der Waals surface area (Å²) < 4.78 is 10.8. The summed E-state index contributed by atoms with van der Waals surface area (Å²) in [5, 5.41) is 0. The zero-order valence-corrected chi connectivity index (χ0v) is 12.8. The fraction of sp³-hybridized carbons (Fsp3) is 0.765. The van der Waals surface area contributed by atoms with Gasteiger partial charge in [0, 0.05) is 5.57 Å². The lowest BCUT2D eigenvalue weighted by Crippen LogP contribution is -2.24. The van der Waals surface area contributed by atoms with Gasteiger partial charge in [0.15, 0.2) is 0 Å². The van der Waals surface area contributed by atoms with E-state index in [0.717, 1.165) is 51.4 Å². The molecule has 4 nitrogen and oxygen atoms in total. The van der Waals surface area contributed by atoms with Crippen LogP contribution < -0.4 is 0 Å². The largest absolute Gasteiger partial charge is 0.462 e. The minimum absolute atomic E-state index is 0.00244. The van der Waals surface area contributed by atoms with Gasteiger partial charge in [-0.05, 0) is 51.4 Å². The van der Waals surface area contributed by atoms with E-state index in [9.17, 15) is 9.59 Å². The van der Waals surface area contributed by atoms with Gasteiger partial charge < -0.3 is 9.47 Å². The van der Waals surface area contributed by atoms with Crippen molar-refractivity contribution in [1.82, 2.24) is 0 Å². The van der Waals surface area contributed by atoms with Crippen molar-refractivity contribution in [2.45, 2.75) is 82.8 Å². The smallest absolute Gasteiger partial charge is 0.334 e. The van der Waals surface area contributed by atoms with E-state index >= 15 is 0 Å². The van der Waals surface area contributed by atoms with Crippen LogP contribution in [-0.4, -0.2) is 24.1 Å². The van der Waals surface area contributed by atoms with Crippen molar-refractivity contribution in [3.8, 4) is 0 Å². The molecular formula is C17H26O4. The molecule has 118 valence electrons. The van der Waals surface area contributed by atoms with E-state index in [4.69, 9.17) is 9.47 Å². The van der Waals surface area contributed by atoms with Crippen LogP contribution in [0.4, 0.5) is 0 Å². The third kappa shape index (κ3) is 5.52. The van der Waals surface area contributed by atoms with E-state index in [1.807, 2.05) is 0 Å². The van der Waals surface area contributed by atoms with Gasteiger partial charge in [0.25, 0.3) is 0 Å². The summed E-state index contributed by atoms with van der Waals surface area (Å²) >= 11 is 0. The number of esters is 2. The van der Waals surface area contributed by atoms with E-state index in [-0.39, 0.29) is 30.2 Å². The Kier molecular flexibility index (Phi) is 6.27. The molecule has 0 amide bonds. The fourth-order valence-electron chi connectivity index (χ4n) is 3.07. The summed E-state index contributed by atoms with van der Waals surface area (Å²) in [7, 11) is 0. The number of carbonyl (C=O) groups excluding carboxylic acids is 2. The van der Waals surface area contributed by atoms with E-state index in [1.54, 1.807) is 0 Å². The molecule has 0 aliphatic heterocycles. The Morgan fingerprint density at radius 3 is 1.81 bits per heavy atom. The van der Waals surface area contributed by atoms with E-state index < -0.39 is 5.97 Å². The minimum Gasteiger partial charge on any atom is -0.462 e. The molecule has 2 rings (SSSR count). The summed E-state index contributed by atoms with van der Waals surface area (Å²) in [5.74, 6) is -0.796. The second-order valence-corrected chi connectivity index (χ2v) is 6.20. The number of hydrogen-bond acceptors (Lipinski definition) is 4. The predicted molar refractivity (Wildman–Crippen MR) is 79.7 cm³/mol. The zero-order chi connectivity index (χ0) is 15.1. The molecule has 2 fully saturated rings. The molecule has 0 radical (unpaired) electrons. The van der Waals surface area contributed by atoms with Crippen molar-refractivity contribution in [2.24, 2.45) is 0 Å². The molecule has 4 heteroatoms. The fourth-order valence-corrected chi connectivity index (χ4v) is 3.07. The molecule has 2 saturated carbocycles. The van der Waals surface area contributed by atoms with Gasteiger partial charge in [0.05, 0.1) is 6.42 Å². The first-order valence-electron chi connectivity index (χ1n) is 8.23. The van der Waals surface area contributed by atoms with E-state index in [1.165, 1.54) is 12.8 Å². The lowest BCUT2D eigenvalue weighted by molar-refractivity contribution is -0.153. The topological polar surface area (TPSA) is 52.6 Å². The molecule has 0 bridgehead atoms. The van der Waals surface area contributed by atoms with Crippen LogP contribution in [0.15, 0.2) is 12.2 Å². The SMILES string of the molecule is C=C(CC(=O)OC1CCCCC1)C(=O)OC1CCCCC1. The third-order valence-electron chi connectivity index (χ3n) is 4.32. The molecule has 0 aromatic rings. The van der Waals surface area contributed by atoms with Crippen molar-refractivity contribution >= 4 is 11.9 Å². The maximum atomic E-state index is 11.9. The average Bonchev–Trinajstić information content (AvgIpc) is 2.49. The Bertz CT molecular complexity index is 376. The number of ether oxygens (including phenoxy) is 2. The highest BCUT2D eigenvalue weighted by Gasteiger charge is 2.23. The second-order valence-electron chi connectivity index (χ2n) is 6.20. The maximum Gasteiger partial charge on any atom is 0.334 e. The second kappa shape index (κ2) is 8.20. The molecule has 2 aliphatic carbocycles. The lowest BCUT2D eigenvalue weighted by atomic mass is 9.97. The highest BCUT2D eigenvalue weighted by molar-refractivity contribution is 5.93. The first-order chi connectivity index (χ1) is 10.1. The average molecular weight is 294 g/mol. The van der Waals surface area contributed by atoms with Gasteiger partial charge in [-0.1, -0.05) is 19.4 Å². The Morgan fingerprint density at radius 1 is 0.810 bits per heavy atom. The molecule has 21 heavy (non-hydrogen) atoms. The van der Waals surface area contributed by atoms with Crippen LogP contribution >= 0.6 is 0 Å². The molecule has 2 aliphatic rings. The van der Waals surface area contributed by atoms with Crippen LogP contribution in [0.5, 0.6) is 0 Å². The van der Waals surface area contributed by atoms with Crippen LogP contribution in [0.25, 0.3) is 0 Å². The van der Waals surface area contributed by atoms with E-state index in [2.05, 4.69) is 6.58 Å². The van der Waals surface area contributed by atoms with Crippen LogP contribution in [-0.2, 0) is 19.1 Å². The van der Waals surface area contributed by atoms with Gasteiger partial charge in [-0.25, -0.2) is 4.79 Å². The summed E-state index contributed by atoms with van der Waals surface area (Å²) in [4.78, 5) is 23.7. The molecule has 0 aromatic heterocycles. The van der Waals surface area contributed by atoms with Crippen LogP contribution in [0.3, 0.4) is 0 Å². The first kappa shape index (κ1) is 16.1. The maximum absolute atomic E-state index is 11.9.